The van der Waals surface area contributed by atoms with E-state index in [2.05, 4.69) is 5.32 Å². The van der Waals surface area contributed by atoms with E-state index in [9.17, 15) is 14.0 Å². The number of amides is 2. The number of alkyl carbamates (subject to hydrolysis) is 1. The summed E-state index contributed by atoms with van der Waals surface area (Å²) in [6.45, 7) is 7.79. The van der Waals surface area contributed by atoms with Gasteiger partial charge < -0.3 is 19.7 Å². The Labute approximate surface area is 147 Å². The lowest BCUT2D eigenvalue weighted by Crippen LogP contribution is -2.51. The maximum Gasteiger partial charge on any atom is 0.408 e. The molecule has 1 aliphatic heterocycles. The SMILES string of the molecule is C[C@@H](NC(=O)OC(C)(C)C)C(=O)N1CCOC(c2ccccc2F)C1. The van der Waals surface area contributed by atoms with Crippen LogP contribution in [0.1, 0.15) is 39.4 Å². The van der Waals surface area contributed by atoms with Gasteiger partial charge in [0.2, 0.25) is 5.91 Å². The van der Waals surface area contributed by atoms with Crippen molar-refractivity contribution in [3.63, 3.8) is 0 Å². The smallest absolute Gasteiger partial charge is 0.408 e. The van der Waals surface area contributed by atoms with Gasteiger partial charge in [-0.3, -0.25) is 4.79 Å². The summed E-state index contributed by atoms with van der Waals surface area (Å²) in [6.07, 6.45) is -1.17. The fraction of sp³-hybridized carbons (Fsp3) is 0.556. The number of carbonyl (C=O) groups is 2. The lowest BCUT2D eigenvalue weighted by molar-refractivity contribution is -0.141. The van der Waals surface area contributed by atoms with Gasteiger partial charge >= 0.3 is 6.09 Å². The average molecular weight is 352 g/mol. The molecule has 2 rings (SSSR count). The minimum absolute atomic E-state index is 0.236. The molecule has 2 amide bonds. The Morgan fingerprint density at radius 3 is 2.68 bits per heavy atom. The molecule has 1 saturated heterocycles. The molecule has 0 saturated carbocycles. The van der Waals surface area contributed by atoms with Crippen molar-refractivity contribution in [2.45, 2.75) is 45.4 Å². The average Bonchev–Trinajstić information content (AvgIpc) is 2.52. The van der Waals surface area contributed by atoms with Gasteiger partial charge in [0.1, 0.15) is 23.6 Å². The number of hydrogen-bond donors (Lipinski definition) is 1. The molecular weight excluding hydrogens is 327 g/mol. The number of halogens is 1. The van der Waals surface area contributed by atoms with Crippen LogP contribution >= 0.6 is 0 Å². The van der Waals surface area contributed by atoms with Crippen LogP contribution in [0.2, 0.25) is 0 Å². The first-order valence-corrected chi connectivity index (χ1v) is 8.31. The van der Waals surface area contributed by atoms with Crippen molar-refractivity contribution in [1.82, 2.24) is 10.2 Å². The van der Waals surface area contributed by atoms with Gasteiger partial charge in [-0.15, -0.1) is 0 Å². The minimum Gasteiger partial charge on any atom is -0.444 e. The third-order valence-corrected chi connectivity index (χ3v) is 3.73. The number of morpholine rings is 1. The van der Waals surface area contributed by atoms with E-state index in [1.165, 1.54) is 6.07 Å². The zero-order valence-electron chi connectivity index (χ0n) is 15.0. The lowest BCUT2D eigenvalue weighted by Gasteiger charge is -2.35. The second-order valence-corrected chi connectivity index (χ2v) is 7.03. The van der Waals surface area contributed by atoms with Gasteiger partial charge in [-0.2, -0.15) is 0 Å². The first-order valence-electron chi connectivity index (χ1n) is 8.31. The summed E-state index contributed by atoms with van der Waals surface area (Å²) in [5, 5.41) is 2.53. The molecule has 6 nitrogen and oxygen atoms in total. The van der Waals surface area contributed by atoms with E-state index in [1.807, 2.05) is 0 Å². The highest BCUT2D eigenvalue weighted by Gasteiger charge is 2.30. The van der Waals surface area contributed by atoms with Crippen molar-refractivity contribution in [1.29, 1.82) is 0 Å². The molecule has 1 aromatic rings. The van der Waals surface area contributed by atoms with E-state index >= 15 is 0 Å². The maximum atomic E-state index is 13.9. The van der Waals surface area contributed by atoms with Crippen molar-refractivity contribution < 1.29 is 23.5 Å². The van der Waals surface area contributed by atoms with E-state index in [-0.39, 0.29) is 18.3 Å². The highest BCUT2D eigenvalue weighted by Crippen LogP contribution is 2.24. The molecule has 1 heterocycles. The van der Waals surface area contributed by atoms with Crippen LogP contribution in [0.4, 0.5) is 9.18 Å². The first-order chi connectivity index (χ1) is 11.7. The first kappa shape index (κ1) is 19.2. The Kier molecular flexibility index (Phi) is 6.00. The number of ether oxygens (including phenoxy) is 2. The fourth-order valence-corrected chi connectivity index (χ4v) is 2.59. The van der Waals surface area contributed by atoms with E-state index < -0.39 is 23.8 Å². The van der Waals surface area contributed by atoms with Crippen LogP contribution in [-0.2, 0) is 14.3 Å². The Morgan fingerprint density at radius 1 is 1.36 bits per heavy atom. The van der Waals surface area contributed by atoms with Crippen LogP contribution in [0.25, 0.3) is 0 Å². The molecule has 1 aliphatic rings. The van der Waals surface area contributed by atoms with Crippen LogP contribution in [-0.4, -0.2) is 48.2 Å². The topological polar surface area (TPSA) is 67.9 Å². The van der Waals surface area contributed by atoms with Crippen LogP contribution in [0, 0.1) is 5.82 Å². The molecule has 1 N–H and O–H groups in total. The van der Waals surface area contributed by atoms with Crippen molar-refractivity contribution >= 4 is 12.0 Å². The van der Waals surface area contributed by atoms with Crippen molar-refractivity contribution in [3.8, 4) is 0 Å². The minimum atomic E-state index is -0.741. The monoisotopic (exact) mass is 352 g/mol. The van der Waals surface area contributed by atoms with E-state index in [0.29, 0.717) is 18.7 Å². The third-order valence-electron chi connectivity index (χ3n) is 3.73. The van der Waals surface area contributed by atoms with Gasteiger partial charge in [0.15, 0.2) is 0 Å². The maximum absolute atomic E-state index is 13.9. The number of nitrogens with zero attached hydrogens (tertiary/aromatic N) is 1. The largest absolute Gasteiger partial charge is 0.444 e. The molecule has 25 heavy (non-hydrogen) atoms. The molecule has 0 aliphatic carbocycles. The Balaban J connectivity index is 1.97. The van der Waals surface area contributed by atoms with Crippen LogP contribution in [0.15, 0.2) is 24.3 Å². The predicted molar refractivity (Wildman–Crippen MR) is 90.5 cm³/mol. The quantitative estimate of drug-likeness (QED) is 0.908. The second kappa shape index (κ2) is 7.82. The Morgan fingerprint density at radius 2 is 2.04 bits per heavy atom. The molecule has 7 heteroatoms. The van der Waals surface area contributed by atoms with E-state index in [1.54, 1.807) is 50.8 Å². The lowest BCUT2D eigenvalue weighted by atomic mass is 10.1. The molecule has 2 atom stereocenters. The number of benzene rings is 1. The van der Waals surface area contributed by atoms with Crippen LogP contribution in [0.3, 0.4) is 0 Å². The standard InChI is InChI=1S/C18H25FN2O4/c1-12(20-17(23)25-18(2,3)4)16(22)21-9-10-24-15(11-21)13-7-5-6-8-14(13)19/h5-8,12,15H,9-11H2,1-4H3,(H,20,23)/t12-,15?/m1/s1. The number of carbonyl (C=O) groups excluding carboxylic acids is 2. The highest BCUT2D eigenvalue weighted by atomic mass is 19.1. The fourth-order valence-electron chi connectivity index (χ4n) is 2.59. The Bertz CT molecular complexity index is 630. The van der Waals surface area contributed by atoms with Crippen molar-refractivity contribution in [2.75, 3.05) is 19.7 Å². The second-order valence-electron chi connectivity index (χ2n) is 7.03. The number of rotatable bonds is 3. The zero-order chi connectivity index (χ0) is 18.6. The molecule has 1 aromatic carbocycles. The molecular formula is C18H25FN2O4. The summed E-state index contributed by atoms with van der Waals surface area (Å²) in [5.74, 6) is -0.614. The Hall–Kier alpha value is -2.15. The van der Waals surface area contributed by atoms with Gasteiger partial charge in [0, 0.05) is 12.1 Å². The molecule has 1 fully saturated rings. The molecule has 0 aromatic heterocycles. The summed E-state index contributed by atoms with van der Waals surface area (Å²) in [7, 11) is 0. The molecule has 0 radical (unpaired) electrons. The molecule has 0 bridgehead atoms. The molecule has 1 unspecified atom stereocenters. The van der Waals surface area contributed by atoms with Gasteiger partial charge in [-0.1, -0.05) is 18.2 Å². The highest BCUT2D eigenvalue weighted by molar-refractivity contribution is 5.85. The van der Waals surface area contributed by atoms with Gasteiger partial charge in [-0.05, 0) is 33.8 Å². The van der Waals surface area contributed by atoms with E-state index in [0.717, 1.165) is 0 Å². The number of nitrogens with one attached hydrogen (secondary N) is 1. The molecule has 0 spiro atoms. The van der Waals surface area contributed by atoms with Gasteiger partial charge in [0.25, 0.3) is 0 Å². The van der Waals surface area contributed by atoms with E-state index in [4.69, 9.17) is 9.47 Å². The summed E-state index contributed by atoms with van der Waals surface area (Å²) in [5.41, 5.74) is -0.213. The predicted octanol–water partition coefficient (Wildman–Crippen LogP) is 2.64. The zero-order valence-corrected chi connectivity index (χ0v) is 15.0. The van der Waals surface area contributed by atoms with Gasteiger partial charge in [-0.25, -0.2) is 9.18 Å². The summed E-state index contributed by atoms with van der Waals surface area (Å²) < 4.78 is 24.7. The summed E-state index contributed by atoms with van der Waals surface area (Å²) in [4.78, 5) is 25.9. The van der Waals surface area contributed by atoms with Crippen molar-refractivity contribution in [3.05, 3.63) is 35.6 Å². The van der Waals surface area contributed by atoms with Gasteiger partial charge in [0.05, 0.1) is 13.2 Å². The normalized spacial score (nSPS) is 19.2. The molecule has 138 valence electrons. The summed E-state index contributed by atoms with van der Waals surface area (Å²) in [6, 6.07) is 5.61. The number of hydrogen-bond acceptors (Lipinski definition) is 4. The summed E-state index contributed by atoms with van der Waals surface area (Å²) >= 11 is 0. The third kappa shape index (κ3) is 5.42. The van der Waals surface area contributed by atoms with Crippen LogP contribution < -0.4 is 5.32 Å². The van der Waals surface area contributed by atoms with Crippen LogP contribution in [0.5, 0.6) is 0 Å². The van der Waals surface area contributed by atoms with Crippen molar-refractivity contribution in [2.24, 2.45) is 0 Å².